The van der Waals surface area contributed by atoms with Crippen LogP contribution in [0.5, 0.6) is 0 Å². The predicted octanol–water partition coefficient (Wildman–Crippen LogP) is 2.82. The molecule has 4 nitrogen and oxygen atoms in total. The number of hydrogen-bond donors (Lipinski definition) is 2. The molecule has 0 aromatic carbocycles. The molecule has 0 saturated heterocycles. The molecule has 5 heteroatoms. The van der Waals surface area contributed by atoms with Gasteiger partial charge in [0.25, 0.3) is 0 Å². The Kier molecular flexibility index (Phi) is 4.58. The zero-order chi connectivity index (χ0) is 13.8. The topological polar surface area (TPSA) is 66.4 Å². The van der Waals surface area contributed by atoms with Gasteiger partial charge >= 0.3 is 5.97 Å². The van der Waals surface area contributed by atoms with Crippen LogP contribution in [0.1, 0.15) is 43.5 Å². The van der Waals surface area contributed by atoms with Gasteiger partial charge in [-0.05, 0) is 31.2 Å². The first-order valence-corrected chi connectivity index (χ1v) is 7.54. The average Bonchev–Trinajstić information content (AvgIpc) is 2.92. The lowest BCUT2D eigenvalue weighted by molar-refractivity contribution is -0.149. The van der Waals surface area contributed by atoms with Crippen LogP contribution < -0.4 is 5.32 Å². The summed E-state index contributed by atoms with van der Waals surface area (Å²) in [5.74, 6) is -1.87. The van der Waals surface area contributed by atoms with Gasteiger partial charge in [-0.1, -0.05) is 18.9 Å². The molecule has 1 aliphatic carbocycles. The van der Waals surface area contributed by atoms with Crippen molar-refractivity contribution in [1.29, 1.82) is 0 Å². The lowest BCUT2D eigenvalue weighted by Crippen LogP contribution is -2.40. The molecule has 104 valence electrons. The fourth-order valence-corrected chi connectivity index (χ4v) is 3.40. The SMILES string of the molecule is CC(NC(=O)[C@@H]1CCCC[C@@H]1C(=O)O)c1cccs1. The third kappa shape index (κ3) is 3.35. The van der Waals surface area contributed by atoms with Crippen molar-refractivity contribution < 1.29 is 14.7 Å². The van der Waals surface area contributed by atoms with Gasteiger partial charge < -0.3 is 10.4 Å². The zero-order valence-corrected chi connectivity index (χ0v) is 11.8. The van der Waals surface area contributed by atoms with Crippen molar-refractivity contribution in [2.45, 2.75) is 38.6 Å². The molecule has 1 aliphatic rings. The summed E-state index contributed by atoms with van der Waals surface area (Å²) in [7, 11) is 0. The minimum atomic E-state index is -0.844. The van der Waals surface area contributed by atoms with Gasteiger partial charge in [0.15, 0.2) is 0 Å². The Bertz CT molecular complexity index is 444. The molecule has 3 atom stereocenters. The quantitative estimate of drug-likeness (QED) is 0.891. The van der Waals surface area contributed by atoms with Crippen LogP contribution in [0.3, 0.4) is 0 Å². The Morgan fingerprint density at radius 3 is 2.63 bits per heavy atom. The standard InChI is InChI=1S/C14H19NO3S/c1-9(12-7-4-8-19-12)15-13(16)10-5-2-3-6-11(10)14(17)18/h4,7-11H,2-3,5-6H2,1H3,(H,15,16)(H,17,18)/t9?,10-,11+/m1/s1. The van der Waals surface area contributed by atoms with Crippen molar-refractivity contribution >= 4 is 23.2 Å². The largest absolute Gasteiger partial charge is 0.481 e. The highest BCUT2D eigenvalue weighted by atomic mass is 32.1. The van der Waals surface area contributed by atoms with Gasteiger partial charge in [-0.15, -0.1) is 11.3 Å². The smallest absolute Gasteiger partial charge is 0.307 e. The Labute approximate surface area is 116 Å². The maximum atomic E-state index is 12.2. The van der Waals surface area contributed by atoms with E-state index in [0.29, 0.717) is 12.8 Å². The molecule has 2 N–H and O–H groups in total. The number of nitrogens with one attached hydrogen (secondary N) is 1. The second-order valence-electron chi connectivity index (χ2n) is 5.08. The molecular formula is C14H19NO3S. The van der Waals surface area contributed by atoms with Crippen molar-refractivity contribution in [2.24, 2.45) is 11.8 Å². The summed E-state index contributed by atoms with van der Waals surface area (Å²) in [6, 6.07) is 3.87. The minimum Gasteiger partial charge on any atom is -0.481 e. The first-order chi connectivity index (χ1) is 9.09. The highest BCUT2D eigenvalue weighted by Gasteiger charge is 2.36. The van der Waals surface area contributed by atoms with Gasteiger partial charge in [-0.25, -0.2) is 0 Å². The van der Waals surface area contributed by atoms with Crippen molar-refractivity contribution in [1.82, 2.24) is 5.32 Å². The molecule has 1 heterocycles. The van der Waals surface area contributed by atoms with Gasteiger partial charge in [-0.3, -0.25) is 9.59 Å². The Hall–Kier alpha value is -1.36. The minimum absolute atomic E-state index is 0.0520. The van der Waals surface area contributed by atoms with Gasteiger partial charge in [0.05, 0.1) is 17.9 Å². The number of carbonyl (C=O) groups is 2. The number of aliphatic carboxylic acids is 1. The normalized spacial score (nSPS) is 24.7. The Morgan fingerprint density at radius 1 is 1.37 bits per heavy atom. The van der Waals surface area contributed by atoms with E-state index in [1.165, 1.54) is 0 Å². The van der Waals surface area contributed by atoms with Crippen molar-refractivity contribution in [2.75, 3.05) is 0 Å². The molecule has 0 bridgehead atoms. The molecule has 1 aromatic rings. The summed E-state index contributed by atoms with van der Waals surface area (Å²) >= 11 is 1.60. The summed E-state index contributed by atoms with van der Waals surface area (Å²) in [5, 5.41) is 14.1. The van der Waals surface area contributed by atoms with E-state index in [1.54, 1.807) is 11.3 Å². The second kappa shape index (κ2) is 6.19. The summed E-state index contributed by atoms with van der Waals surface area (Å²) in [5.41, 5.74) is 0. The fraction of sp³-hybridized carbons (Fsp3) is 0.571. The molecule has 0 aliphatic heterocycles. The molecule has 1 saturated carbocycles. The molecule has 19 heavy (non-hydrogen) atoms. The molecular weight excluding hydrogens is 262 g/mol. The molecule has 0 spiro atoms. The number of rotatable bonds is 4. The monoisotopic (exact) mass is 281 g/mol. The third-order valence-electron chi connectivity index (χ3n) is 3.75. The van der Waals surface area contributed by atoms with E-state index in [9.17, 15) is 14.7 Å². The lowest BCUT2D eigenvalue weighted by atomic mass is 9.78. The van der Waals surface area contributed by atoms with Crippen LogP contribution in [0.2, 0.25) is 0 Å². The van der Waals surface area contributed by atoms with Crippen LogP contribution in [-0.4, -0.2) is 17.0 Å². The molecule has 1 fully saturated rings. The van der Waals surface area contributed by atoms with E-state index in [4.69, 9.17) is 0 Å². The van der Waals surface area contributed by atoms with E-state index in [1.807, 2.05) is 24.4 Å². The van der Waals surface area contributed by atoms with E-state index in [2.05, 4.69) is 5.32 Å². The first kappa shape index (κ1) is 14.1. The van der Waals surface area contributed by atoms with Crippen LogP contribution in [0.25, 0.3) is 0 Å². The second-order valence-corrected chi connectivity index (χ2v) is 6.06. The Morgan fingerprint density at radius 2 is 2.05 bits per heavy atom. The average molecular weight is 281 g/mol. The van der Waals surface area contributed by atoms with Crippen molar-refractivity contribution in [3.8, 4) is 0 Å². The summed E-state index contributed by atoms with van der Waals surface area (Å²) < 4.78 is 0. The predicted molar refractivity (Wildman–Crippen MR) is 74.0 cm³/mol. The highest BCUT2D eigenvalue weighted by molar-refractivity contribution is 7.10. The van der Waals surface area contributed by atoms with Crippen molar-refractivity contribution in [3.63, 3.8) is 0 Å². The van der Waals surface area contributed by atoms with Gasteiger partial charge in [-0.2, -0.15) is 0 Å². The van der Waals surface area contributed by atoms with E-state index < -0.39 is 11.9 Å². The van der Waals surface area contributed by atoms with Crippen LogP contribution >= 0.6 is 11.3 Å². The molecule has 1 amide bonds. The maximum absolute atomic E-state index is 12.2. The highest BCUT2D eigenvalue weighted by Crippen LogP contribution is 2.31. The zero-order valence-electron chi connectivity index (χ0n) is 11.0. The molecule has 1 aromatic heterocycles. The van der Waals surface area contributed by atoms with Crippen LogP contribution in [0.15, 0.2) is 17.5 Å². The van der Waals surface area contributed by atoms with Crippen LogP contribution in [0, 0.1) is 11.8 Å². The van der Waals surface area contributed by atoms with Gasteiger partial charge in [0.2, 0.25) is 5.91 Å². The molecule has 2 rings (SSSR count). The van der Waals surface area contributed by atoms with Crippen molar-refractivity contribution in [3.05, 3.63) is 22.4 Å². The first-order valence-electron chi connectivity index (χ1n) is 6.66. The maximum Gasteiger partial charge on any atom is 0.307 e. The number of amides is 1. The lowest BCUT2D eigenvalue weighted by Gasteiger charge is -2.28. The number of carboxylic acid groups (broad SMARTS) is 1. The number of carbonyl (C=O) groups excluding carboxylic acids is 1. The summed E-state index contributed by atoms with van der Waals surface area (Å²) in [6.07, 6.45) is 3.14. The van der Waals surface area contributed by atoms with Crippen LogP contribution in [0.4, 0.5) is 0 Å². The van der Waals surface area contributed by atoms with E-state index in [-0.39, 0.29) is 17.9 Å². The van der Waals surface area contributed by atoms with Gasteiger partial charge in [0.1, 0.15) is 0 Å². The van der Waals surface area contributed by atoms with Crippen LogP contribution in [-0.2, 0) is 9.59 Å². The molecule has 1 unspecified atom stereocenters. The molecule has 0 radical (unpaired) electrons. The summed E-state index contributed by atoms with van der Waals surface area (Å²) in [4.78, 5) is 24.5. The van der Waals surface area contributed by atoms with Gasteiger partial charge in [0, 0.05) is 4.88 Å². The number of thiophene rings is 1. The fourth-order valence-electron chi connectivity index (χ4n) is 2.67. The summed E-state index contributed by atoms with van der Waals surface area (Å²) in [6.45, 7) is 1.93. The van der Waals surface area contributed by atoms with E-state index >= 15 is 0 Å². The third-order valence-corrected chi connectivity index (χ3v) is 4.80. The Balaban J connectivity index is 2.00. The van der Waals surface area contributed by atoms with E-state index in [0.717, 1.165) is 17.7 Å². The number of hydrogen-bond acceptors (Lipinski definition) is 3. The number of carboxylic acids is 1.